The molecule has 0 spiro atoms. The molecule has 1 saturated heterocycles. The SMILES string of the molecule is O=C(Nc1ccc(CC(=O)N2CCC(O)CC2)cc1)NC(c1ccccc1)c1ccccc1. The van der Waals surface area contributed by atoms with Crippen molar-refractivity contribution in [3.63, 3.8) is 0 Å². The number of urea groups is 1. The van der Waals surface area contributed by atoms with Gasteiger partial charge in [0.1, 0.15) is 0 Å². The molecule has 1 fully saturated rings. The number of hydrogen-bond acceptors (Lipinski definition) is 3. The first-order chi connectivity index (χ1) is 16.1. The van der Waals surface area contributed by atoms with Crippen LogP contribution in [-0.4, -0.2) is 41.1 Å². The molecule has 4 rings (SSSR count). The summed E-state index contributed by atoms with van der Waals surface area (Å²) < 4.78 is 0. The van der Waals surface area contributed by atoms with Crippen LogP contribution in [0.2, 0.25) is 0 Å². The lowest BCUT2D eigenvalue weighted by Gasteiger charge is -2.29. The van der Waals surface area contributed by atoms with Crippen LogP contribution in [0.15, 0.2) is 84.9 Å². The number of aliphatic hydroxyl groups excluding tert-OH is 1. The fourth-order valence-electron chi connectivity index (χ4n) is 4.06. The monoisotopic (exact) mass is 443 g/mol. The smallest absolute Gasteiger partial charge is 0.319 e. The Morgan fingerprint density at radius 1 is 0.848 bits per heavy atom. The van der Waals surface area contributed by atoms with E-state index in [9.17, 15) is 14.7 Å². The van der Waals surface area contributed by atoms with Gasteiger partial charge in [-0.3, -0.25) is 4.79 Å². The molecule has 0 bridgehead atoms. The van der Waals surface area contributed by atoms with Crippen molar-refractivity contribution in [1.82, 2.24) is 10.2 Å². The van der Waals surface area contributed by atoms with Crippen molar-refractivity contribution in [1.29, 1.82) is 0 Å². The zero-order valence-electron chi connectivity index (χ0n) is 18.5. The van der Waals surface area contributed by atoms with Crippen LogP contribution in [0.4, 0.5) is 10.5 Å². The van der Waals surface area contributed by atoms with E-state index in [1.807, 2.05) is 84.9 Å². The molecule has 3 amide bonds. The fraction of sp³-hybridized carbons (Fsp3) is 0.259. The van der Waals surface area contributed by atoms with Gasteiger partial charge in [-0.05, 0) is 41.7 Å². The normalized spacial score (nSPS) is 14.2. The minimum Gasteiger partial charge on any atom is -0.393 e. The highest BCUT2D eigenvalue weighted by molar-refractivity contribution is 5.90. The zero-order chi connectivity index (χ0) is 23.0. The Kier molecular flexibility index (Phi) is 7.37. The maximum absolute atomic E-state index is 12.8. The summed E-state index contributed by atoms with van der Waals surface area (Å²) in [6, 6.07) is 26.5. The molecule has 6 heteroatoms. The van der Waals surface area contributed by atoms with E-state index in [4.69, 9.17) is 0 Å². The number of likely N-dealkylation sites (tertiary alicyclic amines) is 1. The number of nitrogens with one attached hydrogen (secondary N) is 2. The molecular formula is C27H29N3O3. The molecule has 0 aromatic heterocycles. The van der Waals surface area contributed by atoms with Crippen LogP contribution in [-0.2, 0) is 11.2 Å². The molecule has 3 aromatic rings. The molecule has 170 valence electrons. The van der Waals surface area contributed by atoms with Crippen LogP contribution in [0.5, 0.6) is 0 Å². The Morgan fingerprint density at radius 2 is 1.39 bits per heavy atom. The van der Waals surface area contributed by atoms with Crippen molar-refractivity contribution in [3.8, 4) is 0 Å². The summed E-state index contributed by atoms with van der Waals surface area (Å²) in [5.41, 5.74) is 3.55. The van der Waals surface area contributed by atoms with Crippen LogP contribution in [0.25, 0.3) is 0 Å². The van der Waals surface area contributed by atoms with Gasteiger partial charge in [0.2, 0.25) is 5.91 Å². The van der Waals surface area contributed by atoms with Gasteiger partial charge in [0.25, 0.3) is 0 Å². The van der Waals surface area contributed by atoms with Crippen LogP contribution in [0.3, 0.4) is 0 Å². The molecule has 0 aliphatic carbocycles. The van der Waals surface area contributed by atoms with Crippen molar-refractivity contribution in [2.24, 2.45) is 0 Å². The Balaban J connectivity index is 1.36. The lowest BCUT2D eigenvalue weighted by molar-refractivity contribution is -0.132. The first-order valence-electron chi connectivity index (χ1n) is 11.3. The minimum atomic E-state index is -0.302. The number of anilines is 1. The van der Waals surface area contributed by atoms with Gasteiger partial charge in [0, 0.05) is 18.8 Å². The molecule has 0 unspecified atom stereocenters. The summed E-state index contributed by atoms with van der Waals surface area (Å²) in [5.74, 6) is 0.0638. The van der Waals surface area contributed by atoms with Gasteiger partial charge in [0.15, 0.2) is 0 Å². The van der Waals surface area contributed by atoms with Crippen LogP contribution in [0.1, 0.15) is 35.6 Å². The van der Waals surface area contributed by atoms with Gasteiger partial charge in [-0.1, -0.05) is 72.8 Å². The highest BCUT2D eigenvalue weighted by Gasteiger charge is 2.21. The molecule has 0 atom stereocenters. The van der Waals surface area contributed by atoms with E-state index in [0.717, 1.165) is 16.7 Å². The van der Waals surface area contributed by atoms with Gasteiger partial charge in [0.05, 0.1) is 18.6 Å². The van der Waals surface area contributed by atoms with E-state index in [1.165, 1.54) is 0 Å². The van der Waals surface area contributed by atoms with Gasteiger partial charge in [-0.2, -0.15) is 0 Å². The second-order valence-electron chi connectivity index (χ2n) is 8.34. The number of piperidine rings is 1. The van der Waals surface area contributed by atoms with E-state index in [2.05, 4.69) is 10.6 Å². The average molecular weight is 444 g/mol. The summed E-state index contributed by atoms with van der Waals surface area (Å²) >= 11 is 0. The summed E-state index contributed by atoms with van der Waals surface area (Å²) in [6.45, 7) is 1.20. The molecule has 1 aliphatic heterocycles. The second-order valence-corrected chi connectivity index (χ2v) is 8.34. The molecule has 1 heterocycles. The van der Waals surface area contributed by atoms with E-state index in [-0.39, 0.29) is 24.1 Å². The summed E-state index contributed by atoms with van der Waals surface area (Å²) in [5, 5.41) is 15.6. The molecule has 33 heavy (non-hydrogen) atoms. The zero-order valence-corrected chi connectivity index (χ0v) is 18.5. The number of benzene rings is 3. The molecule has 1 aliphatic rings. The number of rotatable bonds is 6. The number of amides is 3. The van der Waals surface area contributed by atoms with Gasteiger partial charge >= 0.3 is 6.03 Å². The van der Waals surface area contributed by atoms with E-state index in [1.54, 1.807) is 4.90 Å². The molecule has 3 aromatic carbocycles. The predicted octanol–water partition coefficient (Wildman–Crippen LogP) is 4.12. The van der Waals surface area contributed by atoms with Crippen LogP contribution < -0.4 is 10.6 Å². The Labute approximate surface area is 194 Å². The fourth-order valence-corrected chi connectivity index (χ4v) is 4.06. The maximum atomic E-state index is 12.8. The van der Waals surface area contributed by atoms with Crippen molar-refractivity contribution < 1.29 is 14.7 Å². The second kappa shape index (κ2) is 10.8. The lowest BCUT2D eigenvalue weighted by atomic mass is 9.99. The Hall–Kier alpha value is -3.64. The number of carbonyl (C=O) groups excluding carboxylic acids is 2. The molecular weight excluding hydrogens is 414 g/mol. The quantitative estimate of drug-likeness (QED) is 0.536. The van der Waals surface area contributed by atoms with Crippen LogP contribution in [0, 0.1) is 0 Å². The number of nitrogens with zero attached hydrogens (tertiary/aromatic N) is 1. The summed E-state index contributed by atoms with van der Waals surface area (Å²) in [6.07, 6.45) is 1.29. The molecule has 3 N–H and O–H groups in total. The summed E-state index contributed by atoms with van der Waals surface area (Å²) in [4.78, 5) is 27.1. The van der Waals surface area contributed by atoms with E-state index in [0.29, 0.717) is 38.0 Å². The standard InChI is InChI=1S/C27H29N3O3/c31-24-15-17-30(18-16-24)25(32)19-20-11-13-23(14-12-20)28-27(33)29-26(21-7-3-1-4-8-21)22-9-5-2-6-10-22/h1-14,24,26,31H,15-19H2,(H2,28,29,33). The predicted molar refractivity (Wildman–Crippen MR) is 129 cm³/mol. The van der Waals surface area contributed by atoms with Gasteiger partial charge in [-0.25, -0.2) is 4.79 Å². The first kappa shape index (κ1) is 22.6. The average Bonchev–Trinajstić information content (AvgIpc) is 2.85. The topological polar surface area (TPSA) is 81.7 Å². The molecule has 0 radical (unpaired) electrons. The highest BCUT2D eigenvalue weighted by Crippen LogP contribution is 2.22. The Bertz CT molecular complexity index is 1010. The third-order valence-corrected chi connectivity index (χ3v) is 5.93. The van der Waals surface area contributed by atoms with Crippen LogP contribution >= 0.6 is 0 Å². The maximum Gasteiger partial charge on any atom is 0.319 e. The Morgan fingerprint density at radius 3 is 1.94 bits per heavy atom. The molecule has 6 nitrogen and oxygen atoms in total. The van der Waals surface area contributed by atoms with Crippen molar-refractivity contribution in [2.45, 2.75) is 31.4 Å². The third kappa shape index (κ3) is 6.20. The highest BCUT2D eigenvalue weighted by atomic mass is 16.3. The number of aliphatic hydroxyl groups is 1. The number of hydrogen-bond donors (Lipinski definition) is 3. The largest absolute Gasteiger partial charge is 0.393 e. The minimum absolute atomic E-state index is 0.0638. The first-order valence-corrected chi connectivity index (χ1v) is 11.3. The van der Waals surface area contributed by atoms with E-state index >= 15 is 0 Å². The summed E-state index contributed by atoms with van der Waals surface area (Å²) in [7, 11) is 0. The molecule has 0 saturated carbocycles. The van der Waals surface area contributed by atoms with Crippen molar-refractivity contribution in [3.05, 3.63) is 102 Å². The van der Waals surface area contributed by atoms with Gasteiger partial charge < -0.3 is 20.6 Å². The number of carbonyl (C=O) groups is 2. The third-order valence-electron chi connectivity index (χ3n) is 5.93. The van der Waals surface area contributed by atoms with Gasteiger partial charge in [-0.15, -0.1) is 0 Å². The van der Waals surface area contributed by atoms with Crippen molar-refractivity contribution in [2.75, 3.05) is 18.4 Å². The van der Waals surface area contributed by atoms with E-state index < -0.39 is 0 Å². The lowest BCUT2D eigenvalue weighted by Crippen LogP contribution is -2.40. The van der Waals surface area contributed by atoms with Crippen molar-refractivity contribution >= 4 is 17.6 Å².